The first-order valence-electron chi connectivity index (χ1n) is 8.34. The topological polar surface area (TPSA) is 75.8 Å². The molecule has 0 amide bonds. The van der Waals surface area contributed by atoms with Crippen LogP contribution in [0.25, 0.3) is 0 Å². The van der Waals surface area contributed by atoms with E-state index in [9.17, 15) is 14.9 Å². The number of nitrogens with zero attached hydrogens (tertiary/aromatic N) is 3. The molecular weight excluding hydrogens is 350 g/mol. The van der Waals surface area contributed by atoms with Crippen LogP contribution in [-0.2, 0) is 0 Å². The first-order chi connectivity index (χ1) is 12.5. The summed E-state index contributed by atoms with van der Waals surface area (Å²) in [7, 11) is 0. The maximum Gasteiger partial charge on any atom is 0.269 e. The normalized spacial score (nSPS) is 13.8. The van der Waals surface area contributed by atoms with Gasteiger partial charge in [0.05, 0.1) is 11.5 Å². The van der Waals surface area contributed by atoms with E-state index < -0.39 is 4.92 Å². The van der Waals surface area contributed by atoms with E-state index in [1.54, 1.807) is 11.8 Å². The van der Waals surface area contributed by atoms with Gasteiger partial charge in [0.25, 0.3) is 5.69 Å². The van der Waals surface area contributed by atoms with Crippen molar-refractivity contribution in [3.8, 4) is 0 Å². The van der Waals surface area contributed by atoms with Crippen LogP contribution in [0.5, 0.6) is 0 Å². The minimum Gasteiger partial charge on any atom is -0.313 e. The first kappa shape index (κ1) is 18.1. The van der Waals surface area contributed by atoms with Gasteiger partial charge in [-0.25, -0.2) is 0 Å². The summed E-state index contributed by atoms with van der Waals surface area (Å²) in [5, 5.41) is 11.6. The van der Waals surface area contributed by atoms with Gasteiger partial charge in [0.15, 0.2) is 11.0 Å². The van der Waals surface area contributed by atoms with Gasteiger partial charge in [-0.2, -0.15) is 0 Å². The lowest BCUT2D eigenvalue weighted by atomic mass is 10.1. The van der Waals surface area contributed by atoms with Crippen molar-refractivity contribution in [1.29, 1.82) is 0 Å². The highest BCUT2D eigenvalue weighted by molar-refractivity contribution is 8.14. The molecule has 0 radical (unpaired) electrons. The second-order valence-electron chi connectivity index (χ2n) is 6.02. The number of benzene rings is 2. The second-order valence-corrected chi connectivity index (χ2v) is 7.08. The van der Waals surface area contributed by atoms with E-state index in [1.165, 1.54) is 24.3 Å². The molecule has 1 heterocycles. The predicted molar refractivity (Wildman–Crippen MR) is 105 cm³/mol. The number of ketones is 1. The van der Waals surface area contributed by atoms with Gasteiger partial charge in [-0.1, -0.05) is 29.5 Å². The molecule has 0 spiro atoms. The third-order valence-corrected chi connectivity index (χ3v) is 5.16. The third-order valence-electron chi connectivity index (χ3n) is 4.06. The number of non-ortho nitro benzene ring substituents is 1. The third kappa shape index (κ3) is 4.29. The minimum atomic E-state index is -0.472. The Morgan fingerprint density at radius 2 is 1.88 bits per heavy atom. The number of carbonyl (C=O) groups excluding carboxylic acids is 1. The van der Waals surface area contributed by atoms with Crippen LogP contribution in [-0.4, -0.2) is 34.7 Å². The molecule has 6 nitrogen and oxygen atoms in total. The van der Waals surface area contributed by atoms with Gasteiger partial charge >= 0.3 is 0 Å². The zero-order valence-electron chi connectivity index (χ0n) is 14.4. The number of aryl methyl sites for hydroxylation is 1. The Bertz CT molecular complexity index is 832. The lowest BCUT2D eigenvalue weighted by Crippen LogP contribution is -2.35. The largest absolute Gasteiger partial charge is 0.313 e. The SMILES string of the molecule is Cc1ccc(N(CC(=O)c2ccc([N+](=O)[O-])cc2)C2=NCCCS2)cc1. The average Bonchev–Trinajstić information content (AvgIpc) is 2.67. The Labute approximate surface area is 156 Å². The summed E-state index contributed by atoms with van der Waals surface area (Å²) in [6.45, 7) is 2.92. The van der Waals surface area contributed by atoms with Crippen LogP contribution in [0.4, 0.5) is 11.4 Å². The highest BCUT2D eigenvalue weighted by Gasteiger charge is 2.21. The summed E-state index contributed by atoms with van der Waals surface area (Å²) in [6, 6.07) is 13.7. The molecular formula is C19H19N3O3S. The summed E-state index contributed by atoms with van der Waals surface area (Å²) in [5.74, 6) is 0.877. The molecule has 7 heteroatoms. The fraction of sp³-hybridized carbons (Fsp3) is 0.263. The van der Waals surface area contributed by atoms with Gasteiger partial charge in [0, 0.05) is 35.7 Å². The van der Waals surface area contributed by atoms with Gasteiger partial charge < -0.3 is 4.90 Å². The van der Waals surface area contributed by atoms with Crippen LogP contribution >= 0.6 is 11.8 Å². The predicted octanol–water partition coefficient (Wildman–Crippen LogP) is 4.09. The standard InChI is InChI=1S/C19H19N3O3S/c1-14-3-7-16(8-4-14)21(19-20-11-2-12-26-19)13-18(23)15-5-9-17(10-6-15)22(24)25/h3-10H,2,11-13H2,1H3. The number of thioether (sulfide) groups is 1. The Balaban J connectivity index is 1.84. The number of Topliss-reactive ketones (excluding diaryl/α,β-unsaturated/α-hetero) is 1. The van der Waals surface area contributed by atoms with E-state index >= 15 is 0 Å². The summed E-state index contributed by atoms with van der Waals surface area (Å²) < 4.78 is 0. The fourth-order valence-corrected chi connectivity index (χ4v) is 3.57. The molecule has 0 bridgehead atoms. The molecule has 0 aromatic heterocycles. The molecule has 0 N–H and O–H groups in total. The van der Waals surface area contributed by atoms with Gasteiger partial charge in [0.1, 0.15) is 0 Å². The Hall–Kier alpha value is -2.67. The Morgan fingerprint density at radius 3 is 2.46 bits per heavy atom. The van der Waals surface area contributed by atoms with Crippen molar-refractivity contribution in [2.45, 2.75) is 13.3 Å². The average molecular weight is 369 g/mol. The van der Waals surface area contributed by atoms with Gasteiger partial charge in [-0.05, 0) is 37.6 Å². The number of aliphatic imine (C=N–C) groups is 1. The molecule has 2 aromatic carbocycles. The number of anilines is 1. The van der Waals surface area contributed by atoms with Crippen molar-refractivity contribution in [3.63, 3.8) is 0 Å². The van der Waals surface area contributed by atoms with E-state index in [0.29, 0.717) is 5.56 Å². The fourth-order valence-electron chi connectivity index (χ4n) is 2.61. The molecule has 3 rings (SSSR count). The number of nitro benzene ring substituents is 1. The van der Waals surface area contributed by atoms with Crippen molar-refractivity contribution in [2.24, 2.45) is 4.99 Å². The van der Waals surface area contributed by atoms with Crippen molar-refractivity contribution in [3.05, 3.63) is 69.8 Å². The Morgan fingerprint density at radius 1 is 1.19 bits per heavy atom. The summed E-state index contributed by atoms with van der Waals surface area (Å²) in [4.78, 5) is 29.5. The zero-order chi connectivity index (χ0) is 18.5. The molecule has 0 fully saturated rings. The van der Waals surface area contributed by atoms with Crippen LogP contribution in [0.3, 0.4) is 0 Å². The molecule has 0 unspecified atom stereocenters. The molecule has 0 atom stereocenters. The van der Waals surface area contributed by atoms with E-state index in [0.717, 1.165) is 35.1 Å². The van der Waals surface area contributed by atoms with E-state index in [1.807, 2.05) is 36.1 Å². The lowest BCUT2D eigenvalue weighted by Gasteiger charge is -2.27. The monoisotopic (exact) mass is 369 g/mol. The smallest absolute Gasteiger partial charge is 0.269 e. The van der Waals surface area contributed by atoms with E-state index in [4.69, 9.17) is 0 Å². The number of rotatable bonds is 5. The second kappa shape index (κ2) is 8.14. The van der Waals surface area contributed by atoms with Crippen molar-refractivity contribution in [1.82, 2.24) is 0 Å². The van der Waals surface area contributed by atoms with Gasteiger partial charge in [-0.3, -0.25) is 19.9 Å². The van der Waals surface area contributed by atoms with Crippen molar-refractivity contribution in [2.75, 3.05) is 23.7 Å². The summed E-state index contributed by atoms with van der Waals surface area (Å²) >= 11 is 1.65. The first-order valence-corrected chi connectivity index (χ1v) is 9.32. The molecule has 1 aliphatic rings. The van der Waals surface area contributed by atoms with E-state index in [2.05, 4.69) is 4.99 Å². The van der Waals surface area contributed by atoms with Gasteiger partial charge in [-0.15, -0.1) is 0 Å². The summed E-state index contributed by atoms with van der Waals surface area (Å²) in [5.41, 5.74) is 2.49. The molecule has 0 saturated heterocycles. The summed E-state index contributed by atoms with van der Waals surface area (Å²) in [6.07, 6.45) is 1.03. The zero-order valence-corrected chi connectivity index (χ0v) is 15.2. The highest BCUT2D eigenvalue weighted by atomic mass is 32.2. The molecule has 1 aliphatic heterocycles. The quantitative estimate of drug-likeness (QED) is 0.451. The van der Waals surface area contributed by atoms with Crippen LogP contribution in [0.2, 0.25) is 0 Å². The number of carbonyl (C=O) groups is 1. The number of hydrogen-bond donors (Lipinski definition) is 0. The number of nitro groups is 1. The minimum absolute atomic E-state index is 0.0239. The van der Waals surface area contributed by atoms with Crippen LogP contribution < -0.4 is 4.90 Å². The van der Waals surface area contributed by atoms with Crippen LogP contribution in [0.1, 0.15) is 22.3 Å². The van der Waals surface area contributed by atoms with Crippen molar-refractivity contribution >= 4 is 34.1 Å². The lowest BCUT2D eigenvalue weighted by molar-refractivity contribution is -0.384. The maximum absolute atomic E-state index is 12.7. The van der Waals surface area contributed by atoms with Crippen LogP contribution in [0.15, 0.2) is 53.5 Å². The molecule has 0 aliphatic carbocycles. The van der Waals surface area contributed by atoms with Gasteiger partial charge in [0.2, 0.25) is 0 Å². The van der Waals surface area contributed by atoms with E-state index in [-0.39, 0.29) is 18.0 Å². The van der Waals surface area contributed by atoms with Crippen LogP contribution in [0, 0.1) is 17.0 Å². The van der Waals surface area contributed by atoms with Crippen molar-refractivity contribution < 1.29 is 9.72 Å². The Kier molecular flexibility index (Phi) is 5.68. The molecule has 26 heavy (non-hydrogen) atoms. The highest BCUT2D eigenvalue weighted by Crippen LogP contribution is 2.24. The number of amidine groups is 1. The molecule has 134 valence electrons. The number of hydrogen-bond acceptors (Lipinski definition) is 6. The maximum atomic E-state index is 12.7. The molecule has 2 aromatic rings. The molecule has 0 saturated carbocycles.